The number of hydrogen-bond donors (Lipinski definition) is 2. The third-order valence-corrected chi connectivity index (χ3v) is 2.10. The van der Waals surface area contributed by atoms with Crippen LogP contribution in [0.2, 0.25) is 0 Å². The number of carbonyl (C=O) groups is 1. The molecule has 0 bridgehead atoms. The van der Waals surface area contributed by atoms with Gasteiger partial charge in [0.1, 0.15) is 6.10 Å². The van der Waals surface area contributed by atoms with E-state index in [1.807, 2.05) is 0 Å². The lowest BCUT2D eigenvalue weighted by Gasteiger charge is -2.12. The second-order valence-corrected chi connectivity index (χ2v) is 3.04. The number of nitrogens with zero attached hydrogens (tertiary/aromatic N) is 1. The second kappa shape index (κ2) is 4.31. The first-order valence-electron chi connectivity index (χ1n) is 3.49. The van der Waals surface area contributed by atoms with E-state index in [1.165, 1.54) is 16.8 Å². The molecule has 0 saturated carbocycles. The van der Waals surface area contributed by atoms with Crippen LogP contribution in [0.4, 0.5) is 0 Å². The third kappa shape index (κ3) is 2.24. The number of esters is 1. The Morgan fingerprint density at radius 1 is 1.69 bits per heavy atom. The standard InChI is InChI=1S/C7H9NO4S/c1-12-7(11)6(10)5(9)4-2-13-3-8-4/h2-3,5-6,9-10H,1H3. The van der Waals surface area contributed by atoms with Gasteiger partial charge in [-0.25, -0.2) is 9.78 Å². The molecule has 1 rings (SSSR count). The lowest BCUT2D eigenvalue weighted by molar-refractivity contribution is -0.157. The summed E-state index contributed by atoms with van der Waals surface area (Å²) >= 11 is 1.27. The summed E-state index contributed by atoms with van der Waals surface area (Å²) in [7, 11) is 1.14. The van der Waals surface area contributed by atoms with Crippen molar-refractivity contribution in [1.29, 1.82) is 0 Å². The minimum absolute atomic E-state index is 0.267. The molecule has 2 N–H and O–H groups in total. The Hall–Kier alpha value is -0.980. The molecule has 0 radical (unpaired) electrons. The highest BCUT2D eigenvalue weighted by Gasteiger charge is 2.27. The average molecular weight is 203 g/mol. The first-order valence-corrected chi connectivity index (χ1v) is 4.43. The highest BCUT2D eigenvalue weighted by atomic mass is 32.1. The maximum atomic E-state index is 10.8. The first kappa shape index (κ1) is 10.1. The second-order valence-electron chi connectivity index (χ2n) is 2.33. The fourth-order valence-corrected chi connectivity index (χ4v) is 1.36. The minimum Gasteiger partial charge on any atom is -0.467 e. The van der Waals surface area contributed by atoms with Gasteiger partial charge in [0.25, 0.3) is 0 Å². The molecule has 0 fully saturated rings. The van der Waals surface area contributed by atoms with Crippen LogP contribution in [0.3, 0.4) is 0 Å². The molecule has 72 valence electrons. The van der Waals surface area contributed by atoms with E-state index in [-0.39, 0.29) is 5.69 Å². The minimum atomic E-state index is -1.58. The number of aliphatic hydroxyl groups is 2. The van der Waals surface area contributed by atoms with E-state index in [4.69, 9.17) is 0 Å². The summed E-state index contributed by atoms with van der Waals surface area (Å²) in [6, 6.07) is 0. The van der Waals surface area contributed by atoms with Crippen LogP contribution < -0.4 is 0 Å². The van der Waals surface area contributed by atoms with Crippen LogP contribution in [-0.2, 0) is 9.53 Å². The van der Waals surface area contributed by atoms with Gasteiger partial charge in [0.05, 0.1) is 18.3 Å². The molecule has 0 aromatic carbocycles. The van der Waals surface area contributed by atoms with E-state index in [0.29, 0.717) is 0 Å². The summed E-state index contributed by atoms with van der Waals surface area (Å²) in [5.41, 5.74) is 1.77. The van der Waals surface area contributed by atoms with Crippen molar-refractivity contribution >= 4 is 17.3 Å². The van der Waals surface area contributed by atoms with E-state index in [0.717, 1.165) is 7.11 Å². The van der Waals surface area contributed by atoms with Gasteiger partial charge >= 0.3 is 5.97 Å². The number of aliphatic hydroxyl groups excluding tert-OH is 2. The molecule has 0 amide bonds. The Kier molecular flexibility index (Phi) is 3.35. The van der Waals surface area contributed by atoms with Crippen molar-refractivity contribution in [3.63, 3.8) is 0 Å². The molecular weight excluding hydrogens is 194 g/mol. The molecule has 0 aliphatic carbocycles. The smallest absolute Gasteiger partial charge is 0.337 e. The topological polar surface area (TPSA) is 79.7 Å². The van der Waals surface area contributed by atoms with Gasteiger partial charge < -0.3 is 14.9 Å². The van der Waals surface area contributed by atoms with Crippen LogP contribution in [0.5, 0.6) is 0 Å². The van der Waals surface area contributed by atoms with Crippen LogP contribution in [0, 0.1) is 0 Å². The number of rotatable bonds is 3. The molecule has 1 aromatic heterocycles. The fourth-order valence-electron chi connectivity index (χ4n) is 0.779. The molecule has 6 heteroatoms. The molecule has 2 atom stereocenters. The molecule has 0 aliphatic rings. The van der Waals surface area contributed by atoms with Crippen molar-refractivity contribution < 1.29 is 19.7 Å². The quantitative estimate of drug-likeness (QED) is 0.660. The van der Waals surface area contributed by atoms with E-state index >= 15 is 0 Å². The fraction of sp³-hybridized carbons (Fsp3) is 0.429. The number of aromatic nitrogens is 1. The van der Waals surface area contributed by atoms with Crippen molar-refractivity contribution in [2.24, 2.45) is 0 Å². The molecule has 0 saturated heterocycles. The van der Waals surface area contributed by atoms with Crippen molar-refractivity contribution in [3.05, 3.63) is 16.6 Å². The largest absolute Gasteiger partial charge is 0.467 e. The third-order valence-electron chi connectivity index (χ3n) is 1.50. The number of ether oxygens (including phenoxy) is 1. The van der Waals surface area contributed by atoms with Gasteiger partial charge in [-0.1, -0.05) is 0 Å². The first-order chi connectivity index (χ1) is 6.16. The lowest BCUT2D eigenvalue weighted by atomic mass is 10.1. The maximum Gasteiger partial charge on any atom is 0.337 e. The molecule has 0 aliphatic heterocycles. The zero-order valence-corrected chi connectivity index (χ0v) is 7.69. The zero-order valence-electron chi connectivity index (χ0n) is 6.88. The summed E-state index contributed by atoms with van der Waals surface area (Å²) < 4.78 is 4.26. The summed E-state index contributed by atoms with van der Waals surface area (Å²) in [4.78, 5) is 14.5. The van der Waals surface area contributed by atoms with Gasteiger partial charge in [-0.2, -0.15) is 0 Å². The van der Waals surface area contributed by atoms with Crippen molar-refractivity contribution in [3.8, 4) is 0 Å². The monoisotopic (exact) mass is 203 g/mol. The van der Waals surface area contributed by atoms with Gasteiger partial charge in [-0.15, -0.1) is 11.3 Å². The Balaban J connectivity index is 2.68. The van der Waals surface area contributed by atoms with E-state index in [9.17, 15) is 15.0 Å². The maximum absolute atomic E-state index is 10.8. The number of methoxy groups -OCH3 is 1. The lowest BCUT2D eigenvalue weighted by Crippen LogP contribution is -2.29. The molecule has 13 heavy (non-hydrogen) atoms. The summed E-state index contributed by atoms with van der Waals surface area (Å²) in [5.74, 6) is -0.875. The summed E-state index contributed by atoms with van der Waals surface area (Å²) in [6.45, 7) is 0. The predicted molar refractivity (Wildman–Crippen MR) is 45.1 cm³/mol. The van der Waals surface area contributed by atoms with Crippen LogP contribution >= 0.6 is 11.3 Å². The Morgan fingerprint density at radius 3 is 2.85 bits per heavy atom. The van der Waals surface area contributed by atoms with Crippen molar-refractivity contribution in [2.75, 3.05) is 7.11 Å². The highest BCUT2D eigenvalue weighted by Crippen LogP contribution is 2.17. The molecule has 1 aromatic rings. The van der Waals surface area contributed by atoms with Crippen molar-refractivity contribution in [2.45, 2.75) is 12.2 Å². The van der Waals surface area contributed by atoms with Crippen LogP contribution in [0.25, 0.3) is 0 Å². The summed E-state index contributed by atoms with van der Waals surface area (Å²) in [6.07, 6.45) is -2.90. The van der Waals surface area contributed by atoms with Crippen LogP contribution in [-0.4, -0.2) is 34.4 Å². The SMILES string of the molecule is COC(=O)C(O)C(O)c1cscn1. The predicted octanol–water partition coefficient (Wildman–Crippen LogP) is -0.290. The summed E-state index contributed by atoms with van der Waals surface area (Å²) in [5, 5.41) is 20.1. The normalized spacial score (nSPS) is 15.0. The molecule has 1 heterocycles. The van der Waals surface area contributed by atoms with E-state index < -0.39 is 18.2 Å². The molecule has 0 spiro atoms. The van der Waals surface area contributed by atoms with E-state index in [2.05, 4.69) is 9.72 Å². The average Bonchev–Trinajstić information content (AvgIpc) is 2.67. The highest BCUT2D eigenvalue weighted by molar-refractivity contribution is 7.07. The molecule has 5 nitrogen and oxygen atoms in total. The van der Waals surface area contributed by atoms with E-state index in [1.54, 1.807) is 5.38 Å². The number of hydrogen-bond acceptors (Lipinski definition) is 6. The molecular formula is C7H9NO4S. The van der Waals surface area contributed by atoms with Crippen molar-refractivity contribution in [1.82, 2.24) is 4.98 Å². The van der Waals surface area contributed by atoms with Gasteiger partial charge in [0, 0.05) is 5.38 Å². The Morgan fingerprint density at radius 2 is 2.38 bits per heavy atom. The van der Waals surface area contributed by atoms with Gasteiger partial charge in [0.15, 0.2) is 6.10 Å². The van der Waals surface area contributed by atoms with Gasteiger partial charge in [0.2, 0.25) is 0 Å². The Labute approximate surface area is 78.6 Å². The van der Waals surface area contributed by atoms with Gasteiger partial charge in [-0.3, -0.25) is 0 Å². The Bertz CT molecular complexity index is 274. The zero-order chi connectivity index (χ0) is 9.84. The van der Waals surface area contributed by atoms with Crippen LogP contribution in [0.15, 0.2) is 10.9 Å². The van der Waals surface area contributed by atoms with Gasteiger partial charge in [-0.05, 0) is 0 Å². The van der Waals surface area contributed by atoms with Crippen LogP contribution in [0.1, 0.15) is 11.8 Å². The molecule has 2 unspecified atom stereocenters. The number of thiazole rings is 1. The number of carbonyl (C=O) groups excluding carboxylic acids is 1.